The Morgan fingerprint density at radius 2 is 1.96 bits per heavy atom. The Kier molecular flexibility index (Phi) is 5.93. The van der Waals surface area contributed by atoms with Crippen molar-refractivity contribution in [3.8, 4) is 5.69 Å². The van der Waals surface area contributed by atoms with Gasteiger partial charge in [0.15, 0.2) is 0 Å². The molecule has 1 aromatic carbocycles. The van der Waals surface area contributed by atoms with Crippen molar-refractivity contribution >= 4 is 5.91 Å². The molecule has 1 amide bonds. The van der Waals surface area contributed by atoms with Crippen LogP contribution in [0.2, 0.25) is 0 Å². The van der Waals surface area contributed by atoms with E-state index in [-0.39, 0.29) is 5.91 Å². The molecule has 1 atom stereocenters. The number of para-hydroxylation sites is 1. The van der Waals surface area contributed by atoms with Gasteiger partial charge in [0.1, 0.15) is 6.10 Å². The first kappa shape index (κ1) is 17.2. The number of hydrogen-bond acceptors (Lipinski definition) is 3. The van der Waals surface area contributed by atoms with Crippen molar-refractivity contribution in [2.24, 2.45) is 5.92 Å². The van der Waals surface area contributed by atoms with Crippen LogP contribution in [-0.2, 0) is 16.1 Å². The number of amides is 1. The zero-order chi connectivity index (χ0) is 16.8. The van der Waals surface area contributed by atoms with Gasteiger partial charge < -0.3 is 9.64 Å². The fraction of sp³-hybridized carbons (Fsp3) is 0.444. The summed E-state index contributed by atoms with van der Waals surface area (Å²) in [6, 6.07) is 9.90. The summed E-state index contributed by atoms with van der Waals surface area (Å²) < 4.78 is 7.40. The van der Waals surface area contributed by atoms with Crippen molar-refractivity contribution < 1.29 is 9.53 Å². The summed E-state index contributed by atoms with van der Waals surface area (Å²) in [6.07, 6.45) is 3.31. The molecule has 0 bridgehead atoms. The maximum Gasteiger partial charge on any atom is 0.251 e. The monoisotopic (exact) mass is 315 g/mol. The van der Waals surface area contributed by atoms with Gasteiger partial charge in [0, 0.05) is 32.0 Å². The maximum atomic E-state index is 12.3. The molecule has 1 aromatic heterocycles. The third-order valence-corrected chi connectivity index (χ3v) is 3.48. The highest BCUT2D eigenvalue weighted by molar-refractivity contribution is 5.80. The number of carbonyl (C=O) groups is 1. The molecular weight excluding hydrogens is 290 g/mol. The second-order valence-electron chi connectivity index (χ2n) is 6.19. The molecule has 2 aromatic rings. The molecule has 0 saturated carbocycles. The number of nitrogens with zero attached hydrogens (tertiary/aromatic N) is 3. The molecule has 1 heterocycles. The predicted octanol–water partition coefficient (Wildman–Crippen LogP) is 2.89. The Labute approximate surface area is 137 Å². The maximum absolute atomic E-state index is 12.3. The molecule has 0 aliphatic heterocycles. The van der Waals surface area contributed by atoms with E-state index in [1.807, 2.05) is 41.2 Å². The number of likely N-dealkylation sites (N-methyl/N-ethyl adjacent to an activating group) is 1. The van der Waals surface area contributed by atoms with Gasteiger partial charge in [-0.25, -0.2) is 4.68 Å². The smallest absolute Gasteiger partial charge is 0.251 e. The van der Waals surface area contributed by atoms with Crippen molar-refractivity contribution in [3.63, 3.8) is 0 Å². The number of aromatic nitrogens is 2. The molecule has 0 fully saturated rings. The minimum atomic E-state index is -0.424. The molecule has 23 heavy (non-hydrogen) atoms. The highest BCUT2D eigenvalue weighted by Crippen LogP contribution is 2.10. The SMILES string of the molecule is CC(C)CO[C@@H](C)C(=O)N(C)Cc1cnn(-c2ccccc2)c1. The van der Waals surface area contributed by atoms with Crippen LogP contribution in [0.1, 0.15) is 26.3 Å². The van der Waals surface area contributed by atoms with Gasteiger partial charge in [-0.05, 0) is 25.0 Å². The minimum Gasteiger partial charge on any atom is -0.368 e. The quantitative estimate of drug-likeness (QED) is 0.789. The lowest BCUT2D eigenvalue weighted by Gasteiger charge is -2.21. The zero-order valence-electron chi connectivity index (χ0n) is 14.3. The highest BCUT2D eigenvalue weighted by Gasteiger charge is 2.19. The summed E-state index contributed by atoms with van der Waals surface area (Å²) in [5, 5.41) is 4.35. The number of ether oxygens (including phenoxy) is 1. The lowest BCUT2D eigenvalue weighted by Crippen LogP contribution is -2.36. The first-order valence-electron chi connectivity index (χ1n) is 7.93. The van der Waals surface area contributed by atoms with Crippen LogP contribution in [0.3, 0.4) is 0 Å². The molecular formula is C18H25N3O2. The number of rotatable bonds is 7. The van der Waals surface area contributed by atoms with Crippen molar-refractivity contribution in [1.82, 2.24) is 14.7 Å². The van der Waals surface area contributed by atoms with Crippen LogP contribution in [-0.4, -0.2) is 40.3 Å². The Balaban J connectivity index is 1.94. The fourth-order valence-corrected chi connectivity index (χ4v) is 2.23. The minimum absolute atomic E-state index is 0.0156. The lowest BCUT2D eigenvalue weighted by atomic mass is 10.2. The van der Waals surface area contributed by atoms with Gasteiger partial charge >= 0.3 is 0 Å². The van der Waals surface area contributed by atoms with Crippen LogP contribution >= 0.6 is 0 Å². The van der Waals surface area contributed by atoms with E-state index in [2.05, 4.69) is 18.9 Å². The second-order valence-corrected chi connectivity index (χ2v) is 6.19. The standard InChI is InChI=1S/C18H25N3O2/c1-14(2)13-23-15(3)18(22)20(4)11-16-10-19-21(12-16)17-8-6-5-7-9-17/h5-10,12,14-15H,11,13H2,1-4H3/t15-/m0/s1. The molecule has 5 heteroatoms. The molecule has 0 aliphatic carbocycles. The Morgan fingerprint density at radius 1 is 1.26 bits per heavy atom. The van der Waals surface area contributed by atoms with Gasteiger partial charge in [-0.3, -0.25) is 4.79 Å². The summed E-state index contributed by atoms with van der Waals surface area (Å²) in [6.45, 7) is 7.04. The average Bonchev–Trinajstić information content (AvgIpc) is 3.01. The molecule has 0 aliphatic rings. The number of benzene rings is 1. The number of hydrogen-bond donors (Lipinski definition) is 0. The third kappa shape index (κ3) is 4.93. The third-order valence-electron chi connectivity index (χ3n) is 3.48. The normalized spacial score (nSPS) is 12.4. The van der Waals surface area contributed by atoms with Gasteiger partial charge in [-0.2, -0.15) is 5.10 Å². The fourth-order valence-electron chi connectivity index (χ4n) is 2.23. The summed E-state index contributed by atoms with van der Waals surface area (Å²) in [7, 11) is 1.79. The van der Waals surface area contributed by atoms with Gasteiger partial charge in [-0.15, -0.1) is 0 Å². The first-order chi connectivity index (χ1) is 11.0. The second kappa shape index (κ2) is 7.92. The number of carbonyl (C=O) groups excluding carboxylic acids is 1. The van der Waals surface area contributed by atoms with Gasteiger partial charge in [0.2, 0.25) is 0 Å². The van der Waals surface area contributed by atoms with Crippen molar-refractivity contribution in [1.29, 1.82) is 0 Å². The topological polar surface area (TPSA) is 47.4 Å². The molecule has 124 valence electrons. The molecule has 0 radical (unpaired) electrons. The van der Waals surface area contributed by atoms with E-state index in [0.717, 1.165) is 11.3 Å². The molecule has 5 nitrogen and oxygen atoms in total. The first-order valence-corrected chi connectivity index (χ1v) is 7.93. The van der Waals surface area contributed by atoms with Crippen LogP contribution in [0.25, 0.3) is 5.69 Å². The molecule has 0 N–H and O–H groups in total. The summed E-state index contributed by atoms with van der Waals surface area (Å²) >= 11 is 0. The van der Waals surface area contributed by atoms with Crippen LogP contribution in [0.4, 0.5) is 0 Å². The Bertz CT molecular complexity index is 622. The zero-order valence-corrected chi connectivity index (χ0v) is 14.3. The van der Waals surface area contributed by atoms with Crippen LogP contribution < -0.4 is 0 Å². The van der Waals surface area contributed by atoms with Crippen LogP contribution in [0.5, 0.6) is 0 Å². The largest absolute Gasteiger partial charge is 0.368 e. The molecule has 0 saturated heterocycles. The molecule has 0 unspecified atom stereocenters. The highest BCUT2D eigenvalue weighted by atomic mass is 16.5. The summed E-state index contributed by atoms with van der Waals surface area (Å²) in [5.41, 5.74) is 1.99. The van der Waals surface area contributed by atoms with Crippen molar-refractivity contribution in [2.75, 3.05) is 13.7 Å². The predicted molar refractivity (Wildman–Crippen MR) is 90.3 cm³/mol. The lowest BCUT2D eigenvalue weighted by molar-refractivity contribution is -0.142. The van der Waals surface area contributed by atoms with E-state index in [0.29, 0.717) is 19.1 Å². The summed E-state index contributed by atoms with van der Waals surface area (Å²) in [5.74, 6) is 0.401. The Hall–Kier alpha value is -2.14. The van der Waals surface area contributed by atoms with Gasteiger partial charge in [0.25, 0.3) is 5.91 Å². The van der Waals surface area contributed by atoms with Crippen molar-refractivity contribution in [3.05, 3.63) is 48.3 Å². The van der Waals surface area contributed by atoms with Crippen LogP contribution in [0, 0.1) is 5.92 Å². The van der Waals surface area contributed by atoms with E-state index >= 15 is 0 Å². The van der Waals surface area contributed by atoms with E-state index in [1.165, 1.54) is 0 Å². The average molecular weight is 315 g/mol. The Morgan fingerprint density at radius 3 is 2.61 bits per heavy atom. The summed E-state index contributed by atoms with van der Waals surface area (Å²) in [4.78, 5) is 14.0. The van der Waals surface area contributed by atoms with Crippen LogP contribution in [0.15, 0.2) is 42.7 Å². The van der Waals surface area contributed by atoms with E-state index < -0.39 is 6.10 Å². The molecule has 0 spiro atoms. The van der Waals surface area contributed by atoms with E-state index in [4.69, 9.17) is 4.74 Å². The van der Waals surface area contributed by atoms with Gasteiger partial charge in [-0.1, -0.05) is 32.0 Å². The van der Waals surface area contributed by atoms with Crippen molar-refractivity contribution in [2.45, 2.75) is 33.4 Å². The van der Waals surface area contributed by atoms with Gasteiger partial charge in [0.05, 0.1) is 11.9 Å². The van der Waals surface area contributed by atoms with E-state index in [1.54, 1.807) is 25.1 Å². The molecule has 2 rings (SSSR count). The van der Waals surface area contributed by atoms with E-state index in [9.17, 15) is 4.79 Å².